The van der Waals surface area contributed by atoms with Crippen molar-refractivity contribution in [3.63, 3.8) is 0 Å². The Labute approximate surface area is 378 Å². The third-order valence-corrected chi connectivity index (χ3v) is 11.4. The largest absolute Gasteiger partial charge is 0.502 e. The van der Waals surface area contributed by atoms with E-state index in [2.05, 4.69) is 22.1 Å². The quantitative estimate of drug-likeness (QED) is 0.0200. The summed E-state index contributed by atoms with van der Waals surface area (Å²) in [6.07, 6.45) is 8.82. The molecule has 5 rings (SSSR count). The van der Waals surface area contributed by atoms with Gasteiger partial charge in [0.2, 0.25) is 0 Å². The molecule has 5 aromatic carbocycles. The Morgan fingerprint density at radius 2 is 1.17 bits per heavy atom. The van der Waals surface area contributed by atoms with Crippen molar-refractivity contribution in [2.24, 2.45) is 21.1 Å². The topological polar surface area (TPSA) is 134 Å². The van der Waals surface area contributed by atoms with Crippen molar-refractivity contribution in [1.29, 1.82) is 0 Å². The number of nitrogens with one attached hydrogen (secondary N) is 1. The zero-order valence-electron chi connectivity index (χ0n) is 38.0. The van der Waals surface area contributed by atoms with Crippen molar-refractivity contribution >= 4 is 45.7 Å². The summed E-state index contributed by atoms with van der Waals surface area (Å²) >= 11 is 0. The number of hydrogen-bond donors (Lipinski definition) is 1. The molecule has 0 aliphatic rings. The summed E-state index contributed by atoms with van der Waals surface area (Å²) in [5, 5.41) is 14.5. The summed E-state index contributed by atoms with van der Waals surface area (Å²) in [6, 6.07) is 33.2. The lowest BCUT2D eigenvalue weighted by Gasteiger charge is -2.36. The van der Waals surface area contributed by atoms with E-state index in [1.165, 1.54) is 6.26 Å². The van der Waals surface area contributed by atoms with Gasteiger partial charge in [0.05, 0.1) is 60.6 Å². The fraction of sp³-hybridized carbons (Fsp3) is 0.377. The number of rotatable bonds is 25. The first kappa shape index (κ1) is 48.5. The maximum absolute atomic E-state index is 12.8. The number of benzene rings is 5. The van der Waals surface area contributed by atoms with Crippen molar-refractivity contribution in [2.45, 2.75) is 92.5 Å². The van der Waals surface area contributed by atoms with Gasteiger partial charge in [0.25, 0.3) is 0 Å². The van der Waals surface area contributed by atoms with Crippen LogP contribution in [-0.4, -0.2) is 44.3 Å². The molecule has 1 N–H and O–H groups in total. The molecule has 0 heterocycles. The Morgan fingerprint density at radius 1 is 0.594 bits per heavy atom. The lowest BCUT2D eigenvalue weighted by molar-refractivity contribution is -0.160. The van der Waals surface area contributed by atoms with Crippen molar-refractivity contribution < 1.29 is 38.1 Å². The van der Waals surface area contributed by atoms with Crippen molar-refractivity contribution in [3.8, 4) is 11.5 Å². The summed E-state index contributed by atoms with van der Waals surface area (Å²) in [6.45, 7) is 16.1. The predicted molar refractivity (Wildman–Crippen MR) is 253 cm³/mol. The second-order valence-electron chi connectivity index (χ2n) is 17.2. The fourth-order valence-corrected chi connectivity index (χ4v) is 6.40. The summed E-state index contributed by atoms with van der Waals surface area (Å²) < 4.78 is 27.6. The van der Waals surface area contributed by atoms with E-state index in [1.54, 1.807) is 60.7 Å². The second-order valence-corrected chi connectivity index (χ2v) is 17.2. The van der Waals surface area contributed by atoms with Crippen LogP contribution in [0.25, 0.3) is 10.8 Å². The molecule has 0 bridgehead atoms. The molecule has 0 radical (unpaired) electrons. The average molecular weight is 870 g/mol. The highest BCUT2D eigenvalue weighted by Gasteiger charge is 2.41. The monoisotopic (exact) mass is 869 g/mol. The van der Waals surface area contributed by atoms with Gasteiger partial charge >= 0.3 is 17.9 Å². The van der Waals surface area contributed by atoms with Gasteiger partial charge in [0.15, 0.2) is 0 Å². The normalized spacial score (nSPS) is 11.6. The van der Waals surface area contributed by atoms with E-state index in [0.29, 0.717) is 67.0 Å². The van der Waals surface area contributed by atoms with Gasteiger partial charge in [-0.2, -0.15) is 5.11 Å². The summed E-state index contributed by atoms with van der Waals surface area (Å²) in [5.74, 6) is 0.177. The van der Waals surface area contributed by atoms with Crippen molar-refractivity contribution in [2.75, 3.05) is 31.7 Å². The van der Waals surface area contributed by atoms with Crippen LogP contribution in [0.3, 0.4) is 0 Å². The zero-order valence-corrected chi connectivity index (χ0v) is 38.0. The van der Waals surface area contributed by atoms with Gasteiger partial charge in [-0.1, -0.05) is 63.7 Å². The zero-order chi connectivity index (χ0) is 45.8. The lowest BCUT2D eigenvalue weighted by atomic mass is 9.69. The first-order valence-electron chi connectivity index (χ1n) is 22.2. The highest BCUT2D eigenvalue weighted by molar-refractivity contribution is 6.00. The first-order chi connectivity index (χ1) is 30.9. The van der Waals surface area contributed by atoms with E-state index in [1.807, 2.05) is 83.1 Å². The van der Waals surface area contributed by atoms with Crippen LogP contribution in [0.5, 0.6) is 11.5 Å². The number of fused-ring (bicyclic) bond motifs is 1. The van der Waals surface area contributed by atoms with Gasteiger partial charge in [-0.3, -0.25) is 4.79 Å². The molecule has 0 spiro atoms. The minimum Gasteiger partial charge on any atom is -0.502 e. The average Bonchev–Trinajstić information content (AvgIpc) is 3.29. The number of ether oxygens (including phenoxy) is 5. The molecule has 11 heteroatoms. The first-order valence-corrected chi connectivity index (χ1v) is 22.2. The van der Waals surface area contributed by atoms with Crippen LogP contribution in [0.4, 0.5) is 17.1 Å². The minimum atomic E-state index is -0.556. The van der Waals surface area contributed by atoms with Crippen molar-refractivity contribution in [3.05, 3.63) is 139 Å². The van der Waals surface area contributed by atoms with Gasteiger partial charge in [0, 0.05) is 23.0 Å². The molecule has 0 amide bonds. The predicted octanol–water partition coefficient (Wildman–Crippen LogP) is 13.5. The molecular weight excluding hydrogens is 807 g/mol. The summed E-state index contributed by atoms with van der Waals surface area (Å²) in [5.41, 5.74) is 3.42. The highest BCUT2D eigenvalue weighted by Crippen LogP contribution is 2.39. The number of unbranched alkanes of at least 4 members (excludes halogenated alkanes) is 6. The van der Waals surface area contributed by atoms with E-state index in [0.717, 1.165) is 73.4 Å². The minimum absolute atomic E-state index is 0.174. The van der Waals surface area contributed by atoms with Crippen LogP contribution in [0.2, 0.25) is 0 Å². The van der Waals surface area contributed by atoms with E-state index in [4.69, 9.17) is 23.7 Å². The van der Waals surface area contributed by atoms with Gasteiger partial charge in [0.1, 0.15) is 11.5 Å². The van der Waals surface area contributed by atoms with Gasteiger partial charge in [-0.15, -0.1) is 5.11 Å². The number of azo groups is 1. The molecular formula is C53H63N3O8. The Kier molecular flexibility index (Phi) is 18.5. The van der Waals surface area contributed by atoms with E-state index < -0.39 is 11.4 Å². The van der Waals surface area contributed by atoms with Crippen LogP contribution >= 0.6 is 0 Å². The highest BCUT2D eigenvalue weighted by atomic mass is 16.5. The molecule has 0 aliphatic carbocycles. The Hall–Kier alpha value is -6.49. The van der Waals surface area contributed by atoms with Gasteiger partial charge in [-0.25, -0.2) is 9.59 Å². The maximum Gasteiger partial charge on any atom is 0.343 e. The third-order valence-electron chi connectivity index (χ3n) is 11.4. The molecule has 0 aliphatic heterocycles. The fourth-order valence-electron chi connectivity index (χ4n) is 6.40. The van der Waals surface area contributed by atoms with Gasteiger partial charge in [-0.05, 0) is 149 Å². The Morgan fingerprint density at radius 3 is 1.83 bits per heavy atom. The second kappa shape index (κ2) is 24.4. The number of esters is 3. The number of anilines is 1. The maximum atomic E-state index is 12.8. The molecule has 0 unspecified atom stereocenters. The van der Waals surface area contributed by atoms with Crippen molar-refractivity contribution in [1.82, 2.24) is 0 Å². The molecule has 5 aromatic rings. The van der Waals surface area contributed by atoms with Crippen LogP contribution in [0.15, 0.2) is 132 Å². The standard InChI is InChI=1S/C53H63N3O8/c1-7-60-34-14-8-9-15-35-61-43-30-24-41(25-31-43)50(58)64-44-28-20-39(21-29-44)38-54-47-32-33-48(46-19-13-12-18-45(46)47)56-55-42-26-22-40(23-27-42)49(57)62-36-16-10-11-17-37-63-51(59)53(5,6)52(2,3)4/h7,12-13,18-33,54H,1,8-11,14-17,34-38H2,2-6H3/b56-55+. The third kappa shape index (κ3) is 14.8. The molecule has 0 fully saturated rings. The smallest absolute Gasteiger partial charge is 0.343 e. The molecule has 0 saturated heterocycles. The molecule has 0 saturated carbocycles. The molecule has 64 heavy (non-hydrogen) atoms. The summed E-state index contributed by atoms with van der Waals surface area (Å²) in [7, 11) is 0. The van der Waals surface area contributed by atoms with E-state index in [-0.39, 0.29) is 17.4 Å². The van der Waals surface area contributed by atoms with Crippen LogP contribution in [0.1, 0.15) is 112 Å². The summed E-state index contributed by atoms with van der Waals surface area (Å²) in [4.78, 5) is 38.0. The molecule has 338 valence electrons. The Bertz CT molecular complexity index is 2300. The number of carbonyl (C=O) groups is 3. The Balaban J connectivity index is 1.03. The van der Waals surface area contributed by atoms with Crippen LogP contribution < -0.4 is 14.8 Å². The van der Waals surface area contributed by atoms with E-state index in [9.17, 15) is 14.4 Å². The number of carbonyl (C=O) groups excluding carboxylic acids is 3. The lowest BCUT2D eigenvalue weighted by Crippen LogP contribution is -2.39. The SMILES string of the molecule is C=COCCCCCCOc1ccc(C(=O)Oc2ccc(CNc3ccc(/N=N/c4ccc(C(=O)OCCCCCCOC(=O)C(C)(C)C(C)(C)C)cc4)c4ccccc34)cc2)cc1. The number of hydrogen-bond acceptors (Lipinski definition) is 11. The molecule has 11 nitrogen and oxygen atoms in total. The number of nitrogens with zero attached hydrogens (tertiary/aromatic N) is 2. The van der Waals surface area contributed by atoms with Gasteiger partial charge < -0.3 is 29.0 Å². The van der Waals surface area contributed by atoms with Crippen LogP contribution in [0, 0.1) is 10.8 Å². The molecule has 0 atom stereocenters. The molecule has 0 aromatic heterocycles. The van der Waals surface area contributed by atoms with Crippen LogP contribution in [-0.2, 0) is 25.5 Å². The van der Waals surface area contributed by atoms with E-state index >= 15 is 0 Å².